The number of aryl methyl sites for hydroxylation is 1. The zero-order valence-electron chi connectivity index (χ0n) is 17.8. The number of fused-ring (bicyclic) bond motifs is 3. The van der Waals surface area contributed by atoms with E-state index in [0.29, 0.717) is 16.7 Å². The van der Waals surface area contributed by atoms with Crippen molar-refractivity contribution in [1.29, 1.82) is 0 Å². The van der Waals surface area contributed by atoms with Gasteiger partial charge in [-0.2, -0.15) is 4.98 Å². The minimum atomic E-state index is -0.375. The smallest absolute Gasteiger partial charge is 0.247 e. The van der Waals surface area contributed by atoms with Crippen LogP contribution in [0.3, 0.4) is 0 Å². The molecule has 4 aromatic rings. The lowest BCUT2D eigenvalue weighted by molar-refractivity contribution is 0.225. The van der Waals surface area contributed by atoms with Gasteiger partial charge in [0.2, 0.25) is 11.0 Å². The topological polar surface area (TPSA) is 59.9 Å². The number of para-hydroxylation sites is 1. The molecule has 32 heavy (non-hydrogen) atoms. The Morgan fingerprint density at radius 2 is 1.72 bits per heavy atom. The van der Waals surface area contributed by atoms with Crippen LogP contribution < -0.4 is 10.1 Å². The Morgan fingerprint density at radius 1 is 0.938 bits per heavy atom. The first-order chi connectivity index (χ1) is 15.7. The molecule has 1 aliphatic rings. The lowest BCUT2D eigenvalue weighted by Gasteiger charge is -2.19. The molecule has 5 rings (SSSR count). The molecule has 3 aromatic carbocycles. The second-order valence-electron chi connectivity index (χ2n) is 7.48. The lowest BCUT2D eigenvalue weighted by Crippen LogP contribution is -2.17. The summed E-state index contributed by atoms with van der Waals surface area (Å²) in [7, 11) is 0. The molecular formula is C25H22N4OS2. The summed E-state index contributed by atoms with van der Waals surface area (Å²) in [6, 6.07) is 24.9. The van der Waals surface area contributed by atoms with Gasteiger partial charge in [0.25, 0.3) is 0 Å². The summed E-state index contributed by atoms with van der Waals surface area (Å²) in [5, 5.41) is 13.0. The SMILES string of the molecule is CSc1ccc([C@@H]2Nc3ccccc3-c3nnc(SCc4ccc(C)cc4)nc3O2)cc1. The highest BCUT2D eigenvalue weighted by molar-refractivity contribution is 7.98. The van der Waals surface area contributed by atoms with Crippen LogP contribution in [0.1, 0.15) is 22.9 Å². The van der Waals surface area contributed by atoms with Crippen molar-refractivity contribution in [2.75, 3.05) is 11.6 Å². The quantitative estimate of drug-likeness (QED) is 0.349. The third-order valence-electron chi connectivity index (χ3n) is 5.24. The van der Waals surface area contributed by atoms with E-state index in [1.165, 1.54) is 16.0 Å². The van der Waals surface area contributed by atoms with E-state index in [4.69, 9.17) is 9.72 Å². The third kappa shape index (κ3) is 4.45. The molecule has 2 heterocycles. The average molecular weight is 459 g/mol. The maximum absolute atomic E-state index is 6.36. The molecule has 0 radical (unpaired) electrons. The first kappa shape index (κ1) is 20.8. The van der Waals surface area contributed by atoms with Crippen molar-refractivity contribution in [3.63, 3.8) is 0 Å². The predicted molar refractivity (Wildman–Crippen MR) is 131 cm³/mol. The van der Waals surface area contributed by atoms with Crippen molar-refractivity contribution in [3.05, 3.63) is 89.5 Å². The normalized spacial score (nSPS) is 14.5. The van der Waals surface area contributed by atoms with E-state index in [1.54, 1.807) is 23.5 Å². The number of nitrogens with one attached hydrogen (secondary N) is 1. The van der Waals surface area contributed by atoms with E-state index in [2.05, 4.69) is 77.2 Å². The molecule has 1 aliphatic heterocycles. The predicted octanol–water partition coefficient (Wildman–Crippen LogP) is 6.36. The van der Waals surface area contributed by atoms with Crippen LogP contribution in [-0.4, -0.2) is 21.4 Å². The second-order valence-corrected chi connectivity index (χ2v) is 9.31. The third-order valence-corrected chi connectivity index (χ3v) is 6.89. The van der Waals surface area contributed by atoms with Gasteiger partial charge in [-0.05, 0) is 36.9 Å². The molecule has 1 aromatic heterocycles. The summed E-state index contributed by atoms with van der Waals surface area (Å²) in [4.78, 5) is 5.95. The first-order valence-electron chi connectivity index (χ1n) is 10.3. The number of anilines is 1. The average Bonchev–Trinajstić information content (AvgIpc) is 3.00. The van der Waals surface area contributed by atoms with E-state index in [1.807, 2.05) is 24.3 Å². The van der Waals surface area contributed by atoms with Crippen LogP contribution in [-0.2, 0) is 5.75 Å². The summed E-state index contributed by atoms with van der Waals surface area (Å²) in [5.41, 5.74) is 6.02. The molecule has 0 spiro atoms. The molecule has 1 N–H and O–H groups in total. The Kier molecular flexibility index (Phi) is 6.01. The number of aromatic nitrogens is 3. The van der Waals surface area contributed by atoms with Gasteiger partial charge >= 0.3 is 0 Å². The van der Waals surface area contributed by atoms with E-state index in [0.717, 1.165) is 22.6 Å². The highest BCUT2D eigenvalue weighted by Gasteiger charge is 2.26. The number of ether oxygens (including phenoxy) is 1. The molecule has 0 fully saturated rings. The van der Waals surface area contributed by atoms with Gasteiger partial charge in [0, 0.05) is 27.5 Å². The van der Waals surface area contributed by atoms with Gasteiger partial charge in [-0.1, -0.05) is 71.9 Å². The Labute approximate surface area is 196 Å². The molecule has 160 valence electrons. The zero-order valence-corrected chi connectivity index (χ0v) is 19.4. The van der Waals surface area contributed by atoms with Gasteiger partial charge in [0.05, 0.1) is 0 Å². The van der Waals surface area contributed by atoms with Crippen LogP contribution in [0, 0.1) is 6.92 Å². The molecule has 7 heteroatoms. The van der Waals surface area contributed by atoms with Crippen LogP contribution >= 0.6 is 23.5 Å². The Morgan fingerprint density at radius 3 is 2.50 bits per heavy atom. The van der Waals surface area contributed by atoms with Crippen LogP contribution in [0.4, 0.5) is 5.69 Å². The molecule has 5 nitrogen and oxygen atoms in total. The molecule has 0 saturated heterocycles. The standard InChI is InChI=1S/C25H22N4OS2/c1-16-7-9-17(10-8-16)15-32-25-27-24-22(28-29-25)20-5-3-4-6-21(20)26-23(30-24)18-11-13-19(31-2)14-12-18/h3-14,23,26H,15H2,1-2H3/t23-/m1/s1. The summed E-state index contributed by atoms with van der Waals surface area (Å²) in [6.07, 6.45) is 1.69. The van der Waals surface area contributed by atoms with E-state index in [9.17, 15) is 0 Å². The first-order valence-corrected chi connectivity index (χ1v) is 12.5. The van der Waals surface area contributed by atoms with Crippen molar-refractivity contribution in [2.24, 2.45) is 0 Å². The van der Waals surface area contributed by atoms with Crippen molar-refractivity contribution in [3.8, 4) is 17.1 Å². The monoisotopic (exact) mass is 458 g/mol. The van der Waals surface area contributed by atoms with Crippen molar-refractivity contribution in [1.82, 2.24) is 15.2 Å². The number of rotatable bonds is 5. The van der Waals surface area contributed by atoms with Gasteiger partial charge in [-0.3, -0.25) is 0 Å². The number of hydrogen-bond donors (Lipinski definition) is 1. The second kappa shape index (κ2) is 9.22. The molecular weight excluding hydrogens is 436 g/mol. The van der Waals surface area contributed by atoms with Crippen molar-refractivity contribution < 1.29 is 4.74 Å². The highest BCUT2D eigenvalue weighted by atomic mass is 32.2. The summed E-state index contributed by atoms with van der Waals surface area (Å²) < 4.78 is 6.36. The Bertz CT molecular complexity index is 1230. The van der Waals surface area contributed by atoms with E-state index < -0.39 is 0 Å². The fourth-order valence-electron chi connectivity index (χ4n) is 3.47. The number of hydrogen-bond acceptors (Lipinski definition) is 7. The van der Waals surface area contributed by atoms with Crippen LogP contribution in [0.5, 0.6) is 5.88 Å². The Balaban J connectivity index is 1.46. The number of thioether (sulfide) groups is 2. The van der Waals surface area contributed by atoms with E-state index >= 15 is 0 Å². The largest absolute Gasteiger partial charge is 0.448 e. The van der Waals surface area contributed by atoms with Crippen LogP contribution in [0.25, 0.3) is 11.3 Å². The summed E-state index contributed by atoms with van der Waals surface area (Å²) in [5.74, 6) is 1.26. The summed E-state index contributed by atoms with van der Waals surface area (Å²) >= 11 is 3.27. The highest BCUT2D eigenvalue weighted by Crippen LogP contribution is 2.39. The summed E-state index contributed by atoms with van der Waals surface area (Å²) in [6.45, 7) is 2.09. The minimum absolute atomic E-state index is 0.375. The van der Waals surface area contributed by atoms with Gasteiger partial charge < -0.3 is 10.1 Å². The number of benzene rings is 3. The molecule has 0 unspecified atom stereocenters. The van der Waals surface area contributed by atoms with Crippen molar-refractivity contribution >= 4 is 29.2 Å². The van der Waals surface area contributed by atoms with Crippen LogP contribution in [0.2, 0.25) is 0 Å². The number of nitrogens with zero attached hydrogens (tertiary/aromatic N) is 3. The van der Waals surface area contributed by atoms with Crippen LogP contribution in [0.15, 0.2) is 82.8 Å². The van der Waals surface area contributed by atoms with Crippen molar-refractivity contribution in [2.45, 2.75) is 29.0 Å². The Hall–Kier alpha value is -3.03. The minimum Gasteiger partial charge on any atom is -0.448 e. The van der Waals surface area contributed by atoms with E-state index in [-0.39, 0.29) is 6.23 Å². The lowest BCUT2D eigenvalue weighted by atomic mass is 10.1. The molecule has 1 atom stereocenters. The van der Waals surface area contributed by atoms with Gasteiger partial charge in [0.15, 0.2) is 11.9 Å². The molecule has 0 bridgehead atoms. The zero-order chi connectivity index (χ0) is 21.9. The maximum Gasteiger partial charge on any atom is 0.247 e. The molecule has 0 saturated carbocycles. The van der Waals surface area contributed by atoms with Gasteiger partial charge in [-0.15, -0.1) is 22.0 Å². The maximum atomic E-state index is 6.36. The molecule has 0 amide bonds. The molecule has 0 aliphatic carbocycles. The van der Waals surface area contributed by atoms with Gasteiger partial charge in [0.1, 0.15) is 0 Å². The fourth-order valence-corrected chi connectivity index (χ4v) is 4.61. The fraction of sp³-hybridized carbons (Fsp3) is 0.160. The van der Waals surface area contributed by atoms with Gasteiger partial charge in [-0.25, -0.2) is 0 Å².